The molecule has 1 aromatic carbocycles. The van der Waals surface area contributed by atoms with Gasteiger partial charge in [0.15, 0.2) is 11.5 Å². The summed E-state index contributed by atoms with van der Waals surface area (Å²) in [5.41, 5.74) is 7.69. The number of hydrogen-bond donors (Lipinski definition) is 1. The van der Waals surface area contributed by atoms with Crippen LogP contribution in [0.15, 0.2) is 36.5 Å². The lowest BCUT2D eigenvalue weighted by atomic mass is 10.0. The van der Waals surface area contributed by atoms with Gasteiger partial charge >= 0.3 is 0 Å². The second-order valence-electron chi connectivity index (χ2n) is 5.66. The molecule has 2 aromatic rings. The molecule has 2 N–H and O–H groups in total. The average Bonchev–Trinajstić information content (AvgIpc) is 2.71. The summed E-state index contributed by atoms with van der Waals surface area (Å²) < 4.78 is 11.9. The van der Waals surface area contributed by atoms with E-state index in [1.165, 1.54) is 5.56 Å². The second kappa shape index (κ2) is 4.71. The Bertz CT molecular complexity index is 638. The first-order valence-electron chi connectivity index (χ1n) is 6.68. The zero-order valence-corrected chi connectivity index (χ0v) is 11.7. The number of nitrogen functional groups attached to an aromatic ring is 1. The molecule has 1 aliphatic rings. The van der Waals surface area contributed by atoms with E-state index >= 15 is 0 Å². The first-order chi connectivity index (χ1) is 9.53. The Labute approximate surface area is 118 Å². The van der Waals surface area contributed by atoms with Crippen molar-refractivity contribution in [1.82, 2.24) is 4.98 Å². The molecule has 104 valence electrons. The molecule has 0 fully saturated rings. The highest BCUT2D eigenvalue weighted by molar-refractivity contribution is 5.50. The standard InChI is InChI=1S/C16H18N2O2/c1-16(2)9-12-4-3-5-13(15(12)20-16)19-10-11-6-7-18-14(17)8-11/h3-8H,9-10H2,1-2H3,(H2,17,18). The summed E-state index contributed by atoms with van der Waals surface area (Å²) in [5.74, 6) is 2.14. The molecule has 4 nitrogen and oxygen atoms in total. The van der Waals surface area contributed by atoms with Crippen LogP contribution in [0, 0.1) is 0 Å². The first kappa shape index (κ1) is 12.8. The van der Waals surface area contributed by atoms with Gasteiger partial charge in [0.1, 0.15) is 18.0 Å². The fraction of sp³-hybridized carbons (Fsp3) is 0.312. The lowest BCUT2D eigenvalue weighted by Crippen LogP contribution is -2.24. The van der Waals surface area contributed by atoms with Crippen molar-refractivity contribution in [3.05, 3.63) is 47.7 Å². The number of fused-ring (bicyclic) bond motifs is 1. The van der Waals surface area contributed by atoms with Crippen molar-refractivity contribution in [2.75, 3.05) is 5.73 Å². The smallest absolute Gasteiger partial charge is 0.165 e. The Morgan fingerprint density at radius 1 is 1.35 bits per heavy atom. The predicted octanol–water partition coefficient (Wildman–Crippen LogP) is 2.96. The molecule has 4 heteroatoms. The molecular formula is C16H18N2O2. The molecule has 0 saturated heterocycles. The molecule has 0 amide bonds. The largest absolute Gasteiger partial charge is 0.485 e. The van der Waals surface area contributed by atoms with Crippen molar-refractivity contribution < 1.29 is 9.47 Å². The topological polar surface area (TPSA) is 57.4 Å². The van der Waals surface area contributed by atoms with E-state index in [0.717, 1.165) is 23.5 Å². The lowest BCUT2D eigenvalue weighted by molar-refractivity contribution is 0.131. The van der Waals surface area contributed by atoms with E-state index in [2.05, 4.69) is 24.9 Å². The van der Waals surface area contributed by atoms with Gasteiger partial charge in [-0.25, -0.2) is 4.98 Å². The number of pyridine rings is 1. The van der Waals surface area contributed by atoms with Gasteiger partial charge in [0.2, 0.25) is 0 Å². The Morgan fingerprint density at radius 3 is 3.00 bits per heavy atom. The highest BCUT2D eigenvalue weighted by atomic mass is 16.5. The molecule has 0 saturated carbocycles. The van der Waals surface area contributed by atoms with Crippen molar-refractivity contribution in [2.24, 2.45) is 0 Å². The monoisotopic (exact) mass is 270 g/mol. The zero-order valence-electron chi connectivity index (χ0n) is 11.7. The van der Waals surface area contributed by atoms with Crippen LogP contribution < -0.4 is 15.2 Å². The van der Waals surface area contributed by atoms with Gasteiger partial charge < -0.3 is 15.2 Å². The van der Waals surface area contributed by atoms with Gasteiger partial charge in [0, 0.05) is 18.2 Å². The lowest BCUT2D eigenvalue weighted by Gasteiger charge is -2.18. The Hall–Kier alpha value is -2.23. The van der Waals surface area contributed by atoms with Gasteiger partial charge in [-0.2, -0.15) is 0 Å². The molecule has 1 aromatic heterocycles. The third-order valence-corrected chi connectivity index (χ3v) is 3.29. The van der Waals surface area contributed by atoms with Crippen molar-refractivity contribution in [3.8, 4) is 11.5 Å². The molecule has 0 radical (unpaired) electrons. The number of benzene rings is 1. The van der Waals surface area contributed by atoms with Gasteiger partial charge in [-0.1, -0.05) is 12.1 Å². The summed E-state index contributed by atoms with van der Waals surface area (Å²) in [5, 5.41) is 0. The Morgan fingerprint density at radius 2 is 2.20 bits per heavy atom. The summed E-state index contributed by atoms with van der Waals surface area (Å²) in [7, 11) is 0. The van der Waals surface area contributed by atoms with Crippen LogP contribution in [-0.2, 0) is 13.0 Å². The van der Waals surface area contributed by atoms with E-state index < -0.39 is 0 Å². The van der Waals surface area contributed by atoms with Crippen LogP contribution in [-0.4, -0.2) is 10.6 Å². The fourth-order valence-electron chi connectivity index (χ4n) is 2.45. The number of anilines is 1. The van der Waals surface area contributed by atoms with Crippen LogP contribution in [0.3, 0.4) is 0 Å². The van der Waals surface area contributed by atoms with Crippen LogP contribution in [0.1, 0.15) is 25.0 Å². The summed E-state index contributed by atoms with van der Waals surface area (Å²) in [6.45, 7) is 4.62. The van der Waals surface area contributed by atoms with Gasteiger partial charge in [-0.3, -0.25) is 0 Å². The van der Waals surface area contributed by atoms with Crippen molar-refractivity contribution in [1.29, 1.82) is 0 Å². The minimum absolute atomic E-state index is 0.164. The van der Waals surface area contributed by atoms with Crippen molar-refractivity contribution in [3.63, 3.8) is 0 Å². The van der Waals surface area contributed by atoms with E-state index in [9.17, 15) is 0 Å². The molecule has 1 aliphatic heterocycles. The van der Waals surface area contributed by atoms with E-state index in [0.29, 0.717) is 12.4 Å². The van der Waals surface area contributed by atoms with Gasteiger partial charge in [0.25, 0.3) is 0 Å². The van der Waals surface area contributed by atoms with Gasteiger partial charge in [-0.05, 0) is 37.6 Å². The number of aromatic nitrogens is 1. The van der Waals surface area contributed by atoms with Gasteiger partial charge in [-0.15, -0.1) is 0 Å². The molecule has 0 bridgehead atoms. The third-order valence-electron chi connectivity index (χ3n) is 3.29. The van der Waals surface area contributed by atoms with E-state index in [4.69, 9.17) is 15.2 Å². The summed E-state index contributed by atoms with van der Waals surface area (Å²) >= 11 is 0. The van der Waals surface area contributed by atoms with Crippen molar-refractivity contribution in [2.45, 2.75) is 32.5 Å². The van der Waals surface area contributed by atoms with E-state index in [-0.39, 0.29) is 5.60 Å². The molecular weight excluding hydrogens is 252 g/mol. The minimum Gasteiger partial charge on any atom is -0.485 e. The van der Waals surface area contributed by atoms with Crippen molar-refractivity contribution >= 4 is 5.82 Å². The average molecular weight is 270 g/mol. The quantitative estimate of drug-likeness (QED) is 0.931. The van der Waals surface area contributed by atoms with Crippen LogP contribution in [0.4, 0.5) is 5.82 Å². The highest BCUT2D eigenvalue weighted by Gasteiger charge is 2.32. The first-order valence-corrected chi connectivity index (χ1v) is 6.68. The molecule has 0 spiro atoms. The predicted molar refractivity (Wildman–Crippen MR) is 77.8 cm³/mol. The molecule has 2 heterocycles. The van der Waals surface area contributed by atoms with Crippen LogP contribution >= 0.6 is 0 Å². The third kappa shape index (κ3) is 2.54. The molecule has 0 aliphatic carbocycles. The summed E-state index contributed by atoms with van der Waals surface area (Å²) in [6.07, 6.45) is 2.59. The zero-order chi connectivity index (χ0) is 14.2. The molecule has 20 heavy (non-hydrogen) atoms. The summed E-state index contributed by atoms with van der Waals surface area (Å²) in [6, 6.07) is 9.73. The highest BCUT2D eigenvalue weighted by Crippen LogP contribution is 2.41. The maximum atomic E-state index is 5.98. The number of nitrogens with zero attached hydrogens (tertiary/aromatic N) is 1. The number of nitrogens with two attached hydrogens (primary N) is 1. The SMILES string of the molecule is CC1(C)Cc2cccc(OCc3ccnc(N)c3)c2O1. The van der Waals surface area contributed by atoms with Gasteiger partial charge in [0.05, 0.1) is 0 Å². The number of para-hydroxylation sites is 1. The normalized spacial score (nSPS) is 15.5. The fourth-order valence-corrected chi connectivity index (χ4v) is 2.45. The second-order valence-corrected chi connectivity index (χ2v) is 5.66. The minimum atomic E-state index is -0.164. The summed E-state index contributed by atoms with van der Waals surface area (Å²) in [4.78, 5) is 3.97. The number of hydrogen-bond acceptors (Lipinski definition) is 4. The number of rotatable bonds is 3. The molecule has 0 atom stereocenters. The van der Waals surface area contributed by atoms with Crippen LogP contribution in [0.25, 0.3) is 0 Å². The molecule has 3 rings (SSSR count). The van der Waals surface area contributed by atoms with Crippen LogP contribution in [0.2, 0.25) is 0 Å². The molecule has 0 unspecified atom stereocenters. The Balaban J connectivity index is 1.78. The maximum absolute atomic E-state index is 5.98. The maximum Gasteiger partial charge on any atom is 0.165 e. The Kier molecular flexibility index (Phi) is 3.01. The number of ether oxygens (including phenoxy) is 2. The van der Waals surface area contributed by atoms with E-state index in [1.54, 1.807) is 6.20 Å². The van der Waals surface area contributed by atoms with E-state index in [1.807, 2.05) is 24.3 Å². The van der Waals surface area contributed by atoms with Crippen LogP contribution in [0.5, 0.6) is 11.5 Å².